The summed E-state index contributed by atoms with van der Waals surface area (Å²) in [6, 6.07) is 9.93. The van der Waals surface area contributed by atoms with E-state index in [4.69, 9.17) is 19.6 Å². The van der Waals surface area contributed by atoms with Crippen molar-refractivity contribution in [1.29, 1.82) is 0 Å². The highest BCUT2D eigenvalue weighted by Gasteiger charge is 2.22. The van der Waals surface area contributed by atoms with Gasteiger partial charge in [-0.1, -0.05) is 30.3 Å². The molecule has 4 nitrogen and oxygen atoms in total. The van der Waals surface area contributed by atoms with Crippen molar-refractivity contribution in [3.05, 3.63) is 35.9 Å². The molecule has 0 atom stereocenters. The van der Waals surface area contributed by atoms with E-state index in [1.807, 2.05) is 71.9 Å². The van der Waals surface area contributed by atoms with Crippen LogP contribution in [0.1, 0.15) is 47.1 Å². The van der Waals surface area contributed by atoms with Crippen molar-refractivity contribution in [3.63, 3.8) is 0 Å². The Hall–Kier alpha value is -0.940. The fraction of sp³-hybridized carbons (Fsp3) is 0.625. The molecule has 0 aliphatic carbocycles. The van der Waals surface area contributed by atoms with Gasteiger partial charge in [-0.15, -0.1) is 0 Å². The summed E-state index contributed by atoms with van der Waals surface area (Å²) in [5.74, 6) is 0. The second kappa shape index (κ2) is 7.18. The van der Waals surface area contributed by atoms with Crippen LogP contribution in [-0.4, -0.2) is 17.5 Å². The minimum absolute atomic E-state index is 0.403. The maximum absolute atomic E-state index is 5.36. The van der Waals surface area contributed by atoms with Gasteiger partial charge in [0.05, 0.1) is 11.2 Å². The van der Waals surface area contributed by atoms with Crippen molar-refractivity contribution in [2.75, 3.05) is 0 Å². The second-order valence-electron chi connectivity index (χ2n) is 6.70. The van der Waals surface area contributed by atoms with Gasteiger partial charge in [0.15, 0.2) is 0 Å². The predicted octanol–water partition coefficient (Wildman–Crippen LogP) is 4.05. The molecule has 0 saturated carbocycles. The topological polar surface area (TPSA) is 36.9 Å². The first-order chi connectivity index (χ1) is 9.16. The lowest BCUT2D eigenvalue weighted by Crippen LogP contribution is -2.30. The lowest BCUT2D eigenvalue weighted by molar-refractivity contribution is -0.496. The van der Waals surface area contributed by atoms with Crippen molar-refractivity contribution in [1.82, 2.24) is 0 Å². The van der Waals surface area contributed by atoms with E-state index in [-0.39, 0.29) is 0 Å². The minimum Gasteiger partial charge on any atom is -0.228 e. The van der Waals surface area contributed by atoms with Crippen LogP contribution in [0.2, 0.25) is 0 Å². The zero-order valence-corrected chi connectivity index (χ0v) is 13.3. The second-order valence-corrected chi connectivity index (χ2v) is 6.70. The van der Waals surface area contributed by atoms with Crippen LogP contribution in [-0.2, 0) is 26.0 Å². The van der Waals surface area contributed by atoms with Gasteiger partial charge in [-0.05, 0) is 47.1 Å². The molecule has 4 heteroatoms. The number of rotatable bonds is 6. The van der Waals surface area contributed by atoms with Crippen LogP contribution in [0, 0.1) is 0 Å². The maximum Gasteiger partial charge on any atom is 0.228 e. The first-order valence-electron chi connectivity index (χ1n) is 6.89. The predicted molar refractivity (Wildman–Crippen MR) is 77.8 cm³/mol. The normalized spacial score (nSPS) is 12.9. The summed E-state index contributed by atoms with van der Waals surface area (Å²) in [7, 11) is 0. The summed E-state index contributed by atoms with van der Waals surface area (Å²) in [4.78, 5) is 21.4. The number of hydrogen-bond acceptors (Lipinski definition) is 4. The zero-order valence-electron chi connectivity index (χ0n) is 13.3. The molecule has 1 aromatic rings. The van der Waals surface area contributed by atoms with Crippen molar-refractivity contribution in [3.8, 4) is 0 Å². The fourth-order valence-electron chi connectivity index (χ4n) is 1.29. The Morgan fingerprint density at radius 3 is 1.65 bits per heavy atom. The highest BCUT2D eigenvalue weighted by Crippen LogP contribution is 2.16. The van der Waals surface area contributed by atoms with E-state index in [2.05, 4.69) is 0 Å². The monoisotopic (exact) mass is 282 g/mol. The molecule has 0 aliphatic heterocycles. The minimum atomic E-state index is -0.615. The Morgan fingerprint density at radius 2 is 1.25 bits per heavy atom. The lowest BCUT2D eigenvalue weighted by atomic mass is 10.1. The molecule has 0 heterocycles. The summed E-state index contributed by atoms with van der Waals surface area (Å²) in [5, 5.41) is 0. The maximum atomic E-state index is 5.36. The van der Waals surface area contributed by atoms with Crippen LogP contribution in [0.3, 0.4) is 0 Å². The van der Waals surface area contributed by atoms with Crippen LogP contribution >= 0.6 is 0 Å². The largest absolute Gasteiger partial charge is 0.228 e. The van der Waals surface area contributed by atoms with Crippen molar-refractivity contribution < 1.29 is 19.6 Å². The number of benzene rings is 1. The van der Waals surface area contributed by atoms with E-state index in [0.29, 0.717) is 6.42 Å². The first-order valence-corrected chi connectivity index (χ1v) is 6.89. The average Bonchev–Trinajstić information content (AvgIpc) is 2.32. The average molecular weight is 282 g/mol. The third-order valence-corrected chi connectivity index (χ3v) is 2.06. The molecule has 0 N–H and O–H groups in total. The van der Waals surface area contributed by atoms with Crippen LogP contribution in [0.15, 0.2) is 30.3 Å². The van der Waals surface area contributed by atoms with Gasteiger partial charge in [-0.2, -0.15) is 0 Å². The molecule has 1 rings (SSSR count). The van der Waals surface area contributed by atoms with Crippen LogP contribution in [0.4, 0.5) is 0 Å². The molecule has 0 aliphatic rings. The molecule has 1 aromatic carbocycles. The van der Waals surface area contributed by atoms with Gasteiger partial charge in [0.2, 0.25) is 6.29 Å². The van der Waals surface area contributed by atoms with Crippen molar-refractivity contribution >= 4 is 0 Å². The van der Waals surface area contributed by atoms with E-state index in [1.54, 1.807) is 0 Å². The van der Waals surface area contributed by atoms with E-state index >= 15 is 0 Å². The fourth-order valence-corrected chi connectivity index (χ4v) is 1.29. The van der Waals surface area contributed by atoms with E-state index in [9.17, 15) is 0 Å². The first kappa shape index (κ1) is 17.1. The van der Waals surface area contributed by atoms with E-state index < -0.39 is 17.5 Å². The van der Waals surface area contributed by atoms with Gasteiger partial charge in [0, 0.05) is 6.42 Å². The molecule has 0 fully saturated rings. The quantitative estimate of drug-likeness (QED) is 0.448. The standard InChI is InChI=1S/C16H26O4/c1-15(2,3)19-17-14(18-20-16(4,5)6)12-13-10-8-7-9-11-13/h7-11,14H,12H2,1-6H3. The summed E-state index contributed by atoms with van der Waals surface area (Å²) in [5.41, 5.74) is 0.285. The molecule has 0 spiro atoms. The Morgan fingerprint density at radius 1 is 0.800 bits per heavy atom. The van der Waals surface area contributed by atoms with Gasteiger partial charge < -0.3 is 0 Å². The smallest absolute Gasteiger partial charge is 0.228 e. The highest BCUT2D eigenvalue weighted by molar-refractivity contribution is 5.14. The van der Waals surface area contributed by atoms with Gasteiger partial charge >= 0.3 is 0 Å². The molecule has 0 saturated heterocycles. The van der Waals surface area contributed by atoms with Crippen LogP contribution < -0.4 is 0 Å². The molecule has 0 radical (unpaired) electrons. The lowest BCUT2D eigenvalue weighted by Gasteiger charge is -2.25. The Labute approximate surface area is 121 Å². The third kappa shape index (κ3) is 8.27. The molecule has 0 bridgehead atoms. The summed E-state index contributed by atoms with van der Waals surface area (Å²) in [6.45, 7) is 11.5. The third-order valence-electron chi connectivity index (χ3n) is 2.06. The molecule has 114 valence electrons. The van der Waals surface area contributed by atoms with Gasteiger partial charge in [0.1, 0.15) is 0 Å². The molecular weight excluding hydrogens is 256 g/mol. The van der Waals surface area contributed by atoms with E-state index in [1.165, 1.54) is 0 Å². The zero-order chi connectivity index (χ0) is 15.2. The number of hydrogen-bond donors (Lipinski definition) is 0. The van der Waals surface area contributed by atoms with Crippen molar-refractivity contribution in [2.45, 2.75) is 65.5 Å². The summed E-state index contributed by atoms with van der Waals surface area (Å²) >= 11 is 0. The van der Waals surface area contributed by atoms with Crippen LogP contribution in [0.25, 0.3) is 0 Å². The highest BCUT2D eigenvalue weighted by atomic mass is 17.3. The summed E-state index contributed by atoms with van der Waals surface area (Å²) in [6.07, 6.45) is -0.0663. The summed E-state index contributed by atoms with van der Waals surface area (Å²) < 4.78 is 0. The molecule has 0 aromatic heterocycles. The van der Waals surface area contributed by atoms with Gasteiger partial charge in [0.25, 0.3) is 0 Å². The Balaban J connectivity index is 2.59. The van der Waals surface area contributed by atoms with Crippen molar-refractivity contribution in [2.24, 2.45) is 0 Å². The molecule has 0 amide bonds. The van der Waals surface area contributed by atoms with Crippen LogP contribution in [0.5, 0.6) is 0 Å². The molecule has 0 unspecified atom stereocenters. The molecular formula is C16H26O4. The van der Waals surface area contributed by atoms with E-state index in [0.717, 1.165) is 5.56 Å². The van der Waals surface area contributed by atoms with Gasteiger partial charge in [-0.25, -0.2) is 19.6 Å². The van der Waals surface area contributed by atoms with Gasteiger partial charge in [-0.3, -0.25) is 0 Å². The molecule has 20 heavy (non-hydrogen) atoms. The SMILES string of the molecule is CC(C)(C)OOC(Cc1ccccc1)OOC(C)(C)C. The Bertz CT molecular complexity index is 358. The Kier molecular flexibility index (Phi) is 6.14.